The average Bonchev–Trinajstić information content (AvgIpc) is 2.29. The van der Waals surface area contributed by atoms with E-state index in [-0.39, 0.29) is 6.61 Å². The lowest BCUT2D eigenvalue weighted by atomic mass is 10.3. The van der Waals surface area contributed by atoms with Crippen molar-refractivity contribution in [2.24, 2.45) is 0 Å². The number of nitrogens with zero attached hydrogens (tertiary/aromatic N) is 3. The fraction of sp³-hybridized carbons (Fsp3) is 0.455. The van der Waals surface area contributed by atoms with Crippen LogP contribution in [-0.2, 0) is 6.61 Å². The minimum Gasteiger partial charge on any atom is -0.390 e. The standard InChI is InChI=1S/C11H17N3O/c1-3-4-5-6-14(2)11-8-12-7-10(9-15)13-11/h3,7-8,15H,1,4-6,9H2,2H3. The average molecular weight is 207 g/mol. The Kier molecular flexibility index (Phi) is 4.77. The summed E-state index contributed by atoms with van der Waals surface area (Å²) in [5.41, 5.74) is 0.600. The van der Waals surface area contributed by atoms with Crippen LogP contribution in [-0.4, -0.2) is 28.7 Å². The Labute approximate surface area is 90.3 Å². The van der Waals surface area contributed by atoms with Gasteiger partial charge in [0.2, 0.25) is 0 Å². The van der Waals surface area contributed by atoms with Crippen LogP contribution in [0.1, 0.15) is 18.5 Å². The largest absolute Gasteiger partial charge is 0.390 e. The van der Waals surface area contributed by atoms with Crippen LogP contribution in [0.3, 0.4) is 0 Å². The molecule has 0 saturated carbocycles. The van der Waals surface area contributed by atoms with Crippen molar-refractivity contribution in [2.45, 2.75) is 19.4 Å². The lowest BCUT2D eigenvalue weighted by molar-refractivity contribution is 0.276. The Bertz CT molecular complexity index is 314. The number of rotatable bonds is 6. The molecule has 0 radical (unpaired) electrons. The van der Waals surface area contributed by atoms with Gasteiger partial charge in [-0.25, -0.2) is 4.98 Å². The molecule has 1 aromatic rings. The van der Waals surface area contributed by atoms with Crippen molar-refractivity contribution >= 4 is 5.82 Å². The van der Waals surface area contributed by atoms with Crippen molar-refractivity contribution in [3.63, 3.8) is 0 Å². The first-order chi connectivity index (χ1) is 7.27. The second-order valence-electron chi connectivity index (χ2n) is 3.38. The summed E-state index contributed by atoms with van der Waals surface area (Å²) in [6, 6.07) is 0. The number of allylic oxidation sites excluding steroid dienone is 1. The van der Waals surface area contributed by atoms with Gasteiger partial charge in [0.05, 0.1) is 24.7 Å². The third kappa shape index (κ3) is 3.67. The first-order valence-corrected chi connectivity index (χ1v) is 5.01. The number of aliphatic hydroxyl groups is 1. The van der Waals surface area contributed by atoms with Crippen LogP contribution < -0.4 is 4.90 Å². The third-order valence-corrected chi connectivity index (χ3v) is 2.13. The van der Waals surface area contributed by atoms with E-state index in [4.69, 9.17) is 5.11 Å². The highest BCUT2D eigenvalue weighted by Crippen LogP contribution is 2.08. The Hall–Kier alpha value is -1.42. The van der Waals surface area contributed by atoms with Crippen LogP contribution in [0.25, 0.3) is 0 Å². The van der Waals surface area contributed by atoms with Crippen LogP contribution >= 0.6 is 0 Å². The van der Waals surface area contributed by atoms with Crippen LogP contribution in [0.4, 0.5) is 5.82 Å². The first-order valence-electron chi connectivity index (χ1n) is 5.01. The molecule has 0 spiro atoms. The van der Waals surface area contributed by atoms with Crippen LogP contribution in [0.5, 0.6) is 0 Å². The summed E-state index contributed by atoms with van der Waals surface area (Å²) >= 11 is 0. The molecule has 0 fully saturated rings. The highest BCUT2D eigenvalue weighted by atomic mass is 16.3. The van der Waals surface area contributed by atoms with E-state index < -0.39 is 0 Å². The quantitative estimate of drug-likeness (QED) is 0.565. The molecule has 4 nitrogen and oxygen atoms in total. The highest BCUT2D eigenvalue weighted by Gasteiger charge is 2.03. The lowest BCUT2D eigenvalue weighted by Crippen LogP contribution is -2.20. The lowest BCUT2D eigenvalue weighted by Gasteiger charge is -2.17. The van der Waals surface area contributed by atoms with Gasteiger partial charge in [-0.15, -0.1) is 6.58 Å². The molecular formula is C11H17N3O. The summed E-state index contributed by atoms with van der Waals surface area (Å²) in [6.07, 6.45) is 7.22. The van der Waals surface area contributed by atoms with Gasteiger partial charge < -0.3 is 10.0 Å². The maximum atomic E-state index is 8.92. The smallest absolute Gasteiger partial charge is 0.147 e. The molecule has 1 rings (SSSR count). The SMILES string of the molecule is C=CCCCN(C)c1cncc(CO)n1. The van der Waals surface area contributed by atoms with Crippen molar-refractivity contribution in [3.8, 4) is 0 Å². The summed E-state index contributed by atoms with van der Waals surface area (Å²) in [4.78, 5) is 10.3. The minimum atomic E-state index is -0.0681. The molecule has 0 amide bonds. The van der Waals surface area contributed by atoms with Gasteiger partial charge in [0.1, 0.15) is 5.82 Å². The molecule has 1 heterocycles. The van der Waals surface area contributed by atoms with E-state index in [1.54, 1.807) is 12.4 Å². The highest BCUT2D eigenvalue weighted by molar-refractivity contribution is 5.34. The van der Waals surface area contributed by atoms with E-state index in [2.05, 4.69) is 16.5 Å². The molecule has 0 aliphatic carbocycles. The predicted molar refractivity (Wildman–Crippen MR) is 60.7 cm³/mol. The third-order valence-electron chi connectivity index (χ3n) is 2.13. The molecule has 0 aliphatic heterocycles. The molecule has 1 N–H and O–H groups in total. The van der Waals surface area contributed by atoms with E-state index in [1.165, 1.54) is 0 Å². The summed E-state index contributed by atoms with van der Waals surface area (Å²) in [5.74, 6) is 0.797. The number of aliphatic hydroxyl groups excluding tert-OH is 1. The van der Waals surface area contributed by atoms with Crippen molar-refractivity contribution in [1.82, 2.24) is 9.97 Å². The maximum Gasteiger partial charge on any atom is 0.147 e. The summed E-state index contributed by atoms with van der Waals surface area (Å²) in [5, 5.41) is 8.92. The first kappa shape index (κ1) is 11.7. The molecule has 0 bridgehead atoms. The topological polar surface area (TPSA) is 49.2 Å². The van der Waals surface area contributed by atoms with E-state index in [9.17, 15) is 0 Å². The van der Waals surface area contributed by atoms with Gasteiger partial charge in [0.25, 0.3) is 0 Å². The van der Waals surface area contributed by atoms with Crippen LogP contribution in [0, 0.1) is 0 Å². The van der Waals surface area contributed by atoms with Crippen LogP contribution in [0.15, 0.2) is 25.0 Å². The van der Waals surface area contributed by atoms with Crippen molar-refractivity contribution in [2.75, 3.05) is 18.5 Å². The monoisotopic (exact) mass is 207 g/mol. The Morgan fingerprint density at radius 2 is 2.33 bits per heavy atom. The maximum absolute atomic E-state index is 8.92. The van der Waals surface area contributed by atoms with Crippen LogP contribution in [0.2, 0.25) is 0 Å². The summed E-state index contributed by atoms with van der Waals surface area (Å²) in [6.45, 7) is 4.52. The Balaban J connectivity index is 2.56. The van der Waals surface area contributed by atoms with Crippen molar-refractivity contribution < 1.29 is 5.11 Å². The molecule has 15 heavy (non-hydrogen) atoms. The number of hydrogen-bond acceptors (Lipinski definition) is 4. The Morgan fingerprint density at radius 3 is 3.00 bits per heavy atom. The van der Waals surface area contributed by atoms with E-state index in [0.29, 0.717) is 5.69 Å². The van der Waals surface area contributed by atoms with Crippen molar-refractivity contribution in [3.05, 3.63) is 30.7 Å². The number of aromatic nitrogens is 2. The minimum absolute atomic E-state index is 0.0681. The van der Waals surface area contributed by atoms with Gasteiger partial charge >= 0.3 is 0 Å². The molecule has 0 unspecified atom stereocenters. The van der Waals surface area contributed by atoms with Gasteiger partial charge in [-0.1, -0.05) is 6.08 Å². The molecular weight excluding hydrogens is 190 g/mol. The van der Waals surface area contributed by atoms with Gasteiger partial charge in [0, 0.05) is 13.6 Å². The fourth-order valence-corrected chi connectivity index (χ4v) is 1.24. The molecule has 0 aliphatic rings. The molecule has 0 saturated heterocycles. The number of unbranched alkanes of at least 4 members (excludes halogenated alkanes) is 1. The summed E-state index contributed by atoms with van der Waals surface area (Å²) < 4.78 is 0. The van der Waals surface area contributed by atoms with E-state index in [0.717, 1.165) is 25.2 Å². The van der Waals surface area contributed by atoms with Gasteiger partial charge in [-0.2, -0.15) is 0 Å². The molecule has 1 aromatic heterocycles. The van der Waals surface area contributed by atoms with E-state index >= 15 is 0 Å². The second kappa shape index (κ2) is 6.14. The molecule has 4 heteroatoms. The molecule has 0 atom stereocenters. The van der Waals surface area contributed by atoms with Crippen molar-refractivity contribution in [1.29, 1.82) is 0 Å². The zero-order valence-electron chi connectivity index (χ0n) is 9.06. The molecule has 0 aromatic carbocycles. The zero-order valence-corrected chi connectivity index (χ0v) is 9.06. The Morgan fingerprint density at radius 1 is 1.53 bits per heavy atom. The van der Waals surface area contributed by atoms with E-state index in [1.807, 2.05) is 18.0 Å². The van der Waals surface area contributed by atoms with Gasteiger partial charge in [-0.3, -0.25) is 4.98 Å². The number of hydrogen-bond donors (Lipinski definition) is 1. The predicted octanol–water partition coefficient (Wildman–Crippen LogP) is 1.37. The number of anilines is 1. The summed E-state index contributed by atoms with van der Waals surface area (Å²) in [7, 11) is 1.97. The fourth-order valence-electron chi connectivity index (χ4n) is 1.24. The second-order valence-corrected chi connectivity index (χ2v) is 3.38. The van der Waals surface area contributed by atoms with Gasteiger partial charge in [-0.05, 0) is 12.8 Å². The normalized spacial score (nSPS) is 10.0. The zero-order chi connectivity index (χ0) is 11.1. The molecule has 82 valence electrons. The van der Waals surface area contributed by atoms with Gasteiger partial charge in [0.15, 0.2) is 0 Å².